The molecule has 0 bridgehead atoms. The fraction of sp³-hybridized carbons (Fsp3) is 0.400. The summed E-state index contributed by atoms with van der Waals surface area (Å²) in [5.41, 5.74) is 1.11. The molecular weight excluding hydrogens is 334 g/mol. The van der Waals surface area contributed by atoms with Gasteiger partial charge in [0.15, 0.2) is 8.68 Å². The van der Waals surface area contributed by atoms with Crippen molar-refractivity contribution >= 4 is 40.8 Å². The molecule has 118 valence electrons. The van der Waals surface area contributed by atoms with Crippen LogP contribution >= 0.6 is 34.9 Å². The van der Waals surface area contributed by atoms with Gasteiger partial charge in [-0.05, 0) is 18.9 Å². The average molecular weight is 354 g/mol. The average Bonchev–Trinajstić information content (AvgIpc) is 2.99. The van der Waals surface area contributed by atoms with Gasteiger partial charge in [-0.2, -0.15) is 0 Å². The Labute approximate surface area is 143 Å². The van der Waals surface area contributed by atoms with Crippen molar-refractivity contribution in [2.24, 2.45) is 0 Å². The van der Waals surface area contributed by atoms with E-state index in [0.717, 1.165) is 26.4 Å². The summed E-state index contributed by atoms with van der Waals surface area (Å²) in [6.07, 6.45) is 1.12. The van der Waals surface area contributed by atoms with E-state index in [2.05, 4.69) is 22.4 Å². The lowest BCUT2D eigenvalue weighted by atomic mass is 10.1. The Morgan fingerprint density at radius 3 is 2.59 bits per heavy atom. The number of nitrogens with zero attached hydrogens (tertiary/aromatic N) is 2. The summed E-state index contributed by atoms with van der Waals surface area (Å²) >= 11 is 4.71. The van der Waals surface area contributed by atoms with Crippen molar-refractivity contribution in [3.63, 3.8) is 0 Å². The van der Waals surface area contributed by atoms with Gasteiger partial charge < -0.3 is 5.32 Å². The number of thioether (sulfide) groups is 2. The van der Waals surface area contributed by atoms with Crippen molar-refractivity contribution in [3.05, 3.63) is 35.9 Å². The normalized spacial score (nSPS) is 12.1. The molecule has 22 heavy (non-hydrogen) atoms. The zero-order chi connectivity index (χ0) is 15.8. The maximum atomic E-state index is 12.0. The van der Waals surface area contributed by atoms with E-state index < -0.39 is 0 Å². The number of benzene rings is 1. The first-order valence-corrected chi connectivity index (χ1v) is 9.91. The molecule has 1 aromatic heterocycles. The van der Waals surface area contributed by atoms with E-state index in [-0.39, 0.29) is 11.9 Å². The van der Waals surface area contributed by atoms with E-state index in [0.29, 0.717) is 5.75 Å². The molecule has 4 nitrogen and oxygen atoms in total. The maximum absolute atomic E-state index is 12.0. The predicted molar refractivity (Wildman–Crippen MR) is 94.6 cm³/mol. The molecule has 0 aliphatic heterocycles. The number of amides is 1. The van der Waals surface area contributed by atoms with Gasteiger partial charge in [0.2, 0.25) is 5.91 Å². The highest BCUT2D eigenvalue weighted by Gasteiger charge is 2.11. The topological polar surface area (TPSA) is 54.9 Å². The summed E-state index contributed by atoms with van der Waals surface area (Å²) in [6, 6.07) is 9.96. The van der Waals surface area contributed by atoms with Crippen LogP contribution in [0.2, 0.25) is 0 Å². The van der Waals surface area contributed by atoms with E-state index >= 15 is 0 Å². The fourth-order valence-corrected chi connectivity index (χ4v) is 4.50. The number of rotatable bonds is 8. The molecule has 0 saturated heterocycles. The van der Waals surface area contributed by atoms with Gasteiger partial charge in [0, 0.05) is 5.75 Å². The number of carbonyl (C=O) groups excluding carboxylic acids is 1. The highest BCUT2D eigenvalue weighted by molar-refractivity contribution is 8.03. The number of hydrogen-bond donors (Lipinski definition) is 1. The number of aromatic nitrogens is 2. The Morgan fingerprint density at radius 2 is 1.91 bits per heavy atom. The summed E-state index contributed by atoms with van der Waals surface area (Å²) in [4.78, 5) is 12.0. The van der Waals surface area contributed by atoms with Gasteiger partial charge in [-0.15, -0.1) is 10.2 Å². The van der Waals surface area contributed by atoms with Crippen LogP contribution < -0.4 is 5.32 Å². The molecule has 2 rings (SSSR count). The molecule has 0 radical (unpaired) electrons. The molecular formula is C15H19N3OS3. The second kappa shape index (κ2) is 9.17. The molecule has 0 spiro atoms. The monoisotopic (exact) mass is 353 g/mol. The summed E-state index contributed by atoms with van der Waals surface area (Å²) in [7, 11) is 0. The van der Waals surface area contributed by atoms with Crippen LogP contribution in [0, 0.1) is 0 Å². The van der Waals surface area contributed by atoms with Gasteiger partial charge >= 0.3 is 0 Å². The van der Waals surface area contributed by atoms with Crippen molar-refractivity contribution in [1.82, 2.24) is 15.5 Å². The summed E-state index contributed by atoms with van der Waals surface area (Å²) in [6.45, 7) is 4.13. The van der Waals surface area contributed by atoms with E-state index in [1.165, 1.54) is 11.8 Å². The Kier molecular flexibility index (Phi) is 7.21. The van der Waals surface area contributed by atoms with Crippen LogP contribution in [-0.4, -0.2) is 27.6 Å². The maximum Gasteiger partial charge on any atom is 0.230 e. The van der Waals surface area contributed by atoms with Crippen LogP contribution in [0.5, 0.6) is 0 Å². The Bertz CT molecular complexity index is 589. The molecule has 2 aromatic rings. The van der Waals surface area contributed by atoms with Crippen LogP contribution in [0.15, 0.2) is 39.0 Å². The first kappa shape index (κ1) is 17.3. The van der Waals surface area contributed by atoms with Crippen LogP contribution in [0.1, 0.15) is 31.9 Å². The lowest BCUT2D eigenvalue weighted by Crippen LogP contribution is -2.28. The minimum atomic E-state index is 0.0133. The van der Waals surface area contributed by atoms with Crippen molar-refractivity contribution < 1.29 is 4.79 Å². The first-order chi connectivity index (χ1) is 10.7. The van der Waals surface area contributed by atoms with Crippen molar-refractivity contribution in [2.45, 2.75) is 35.0 Å². The van der Waals surface area contributed by atoms with Crippen molar-refractivity contribution in [1.29, 1.82) is 0 Å². The van der Waals surface area contributed by atoms with E-state index in [9.17, 15) is 4.79 Å². The number of hydrogen-bond acceptors (Lipinski definition) is 6. The zero-order valence-corrected chi connectivity index (χ0v) is 15.1. The predicted octanol–water partition coefficient (Wildman–Crippen LogP) is 4.01. The summed E-state index contributed by atoms with van der Waals surface area (Å²) < 4.78 is 1.82. The molecule has 1 aromatic carbocycles. The fourth-order valence-electron chi connectivity index (χ4n) is 1.74. The minimum absolute atomic E-state index is 0.0133. The van der Waals surface area contributed by atoms with Crippen LogP contribution in [-0.2, 0) is 4.79 Å². The van der Waals surface area contributed by atoms with Crippen molar-refractivity contribution in [2.75, 3.05) is 11.5 Å². The van der Waals surface area contributed by atoms with Crippen LogP contribution in [0.3, 0.4) is 0 Å². The molecule has 0 aliphatic rings. The highest BCUT2D eigenvalue weighted by Crippen LogP contribution is 2.28. The molecule has 0 saturated carbocycles. The summed E-state index contributed by atoms with van der Waals surface area (Å²) in [5.74, 6) is 1.43. The van der Waals surface area contributed by atoms with E-state index in [1.807, 2.05) is 37.3 Å². The Balaban J connectivity index is 1.76. The smallest absolute Gasteiger partial charge is 0.230 e. The van der Waals surface area contributed by atoms with E-state index in [1.54, 1.807) is 23.1 Å². The lowest BCUT2D eigenvalue weighted by molar-refractivity contribution is -0.119. The number of carbonyl (C=O) groups is 1. The molecule has 0 aliphatic carbocycles. The lowest BCUT2D eigenvalue weighted by Gasteiger charge is -2.13. The third kappa shape index (κ3) is 5.62. The van der Waals surface area contributed by atoms with Gasteiger partial charge in [0.1, 0.15) is 0 Å². The molecule has 1 heterocycles. The highest BCUT2D eigenvalue weighted by atomic mass is 32.2. The second-order valence-corrected chi connectivity index (χ2v) is 8.21. The third-order valence-corrected chi connectivity index (χ3v) is 6.22. The van der Waals surface area contributed by atoms with E-state index in [4.69, 9.17) is 0 Å². The SMILES string of the molecule is CCCSc1nnc(SCC(=O)N[C@H](C)c2ccccc2)s1. The van der Waals surface area contributed by atoms with Gasteiger partial charge in [0.25, 0.3) is 0 Å². The molecule has 0 fully saturated rings. The molecule has 0 unspecified atom stereocenters. The minimum Gasteiger partial charge on any atom is -0.349 e. The van der Waals surface area contributed by atoms with Crippen LogP contribution in [0.4, 0.5) is 0 Å². The second-order valence-electron chi connectivity index (χ2n) is 4.67. The standard InChI is InChI=1S/C15H19N3OS3/c1-3-9-20-14-17-18-15(22-14)21-10-13(19)16-11(2)12-7-5-4-6-8-12/h4-8,11H,3,9-10H2,1-2H3,(H,16,19)/t11-/m1/s1. The van der Waals surface area contributed by atoms with Gasteiger partial charge in [-0.3, -0.25) is 4.79 Å². The third-order valence-electron chi connectivity index (χ3n) is 2.82. The Hall–Kier alpha value is -1.05. The molecule has 1 N–H and O–H groups in total. The Morgan fingerprint density at radius 1 is 1.23 bits per heavy atom. The largest absolute Gasteiger partial charge is 0.349 e. The van der Waals surface area contributed by atoms with Gasteiger partial charge in [0.05, 0.1) is 11.8 Å². The van der Waals surface area contributed by atoms with Crippen molar-refractivity contribution in [3.8, 4) is 0 Å². The molecule has 7 heteroatoms. The quantitative estimate of drug-likeness (QED) is 0.727. The number of nitrogens with one attached hydrogen (secondary N) is 1. The zero-order valence-electron chi connectivity index (χ0n) is 12.6. The molecule has 1 atom stereocenters. The van der Waals surface area contributed by atoms with Crippen LogP contribution in [0.25, 0.3) is 0 Å². The summed E-state index contributed by atoms with van der Waals surface area (Å²) in [5, 5.41) is 11.2. The first-order valence-electron chi connectivity index (χ1n) is 7.12. The molecule has 1 amide bonds. The van der Waals surface area contributed by atoms with Gasteiger partial charge in [-0.1, -0.05) is 72.1 Å². The van der Waals surface area contributed by atoms with Gasteiger partial charge in [-0.25, -0.2) is 0 Å².